The first kappa shape index (κ1) is 18.4. The maximum absolute atomic E-state index is 12.8. The van der Waals surface area contributed by atoms with Gasteiger partial charge in [-0.3, -0.25) is 9.69 Å². The van der Waals surface area contributed by atoms with Gasteiger partial charge in [-0.15, -0.1) is 0 Å². The van der Waals surface area contributed by atoms with Crippen LogP contribution in [0.4, 0.5) is 5.69 Å². The van der Waals surface area contributed by atoms with Gasteiger partial charge >= 0.3 is 0 Å². The van der Waals surface area contributed by atoms with Crippen molar-refractivity contribution in [1.82, 2.24) is 9.21 Å². The third kappa shape index (κ3) is 4.40. The van der Waals surface area contributed by atoms with Gasteiger partial charge in [-0.25, -0.2) is 8.42 Å². The second-order valence-electron chi connectivity index (χ2n) is 6.97. The van der Waals surface area contributed by atoms with Gasteiger partial charge in [-0.2, -0.15) is 4.31 Å². The van der Waals surface area contributed by atoms with E-state index in [1.165, 1.54) is 0 Å². The number of rotatable bonds is 5. The molecule has 0 spiro atoms. The summed E-state index contributed by atoms with van der Waals surface area (Å²) < 4.78 is 27.2. The lowest BCUT2D eigenvalue weighted by Gasteiger charge is -2.26. The van der Waals surface area contributed by atoms with Crippen LogP contribution in [0.2, 0.25) is 0 Å². The number of hydrogen-bond acceptors (Lipinski definition) is 4. The van der Waals surface area contributed by atoms with Crippen molar-refractivity contribution in [3.05, 3.63) is 23.8 Å². The second-order valence-corrected chi connectivity index (χ2v) is 8.91. The summed E-state index contributed by atoms with van der Waals surface area (Å²) in [6, 6.07) is 5.00. The molecule has 0 saturated carbocycles. The van der Waals surface area contributed by atoms with E-state index in [2.05, 4.69) is 10.2 Å². The van der Waals surface area contributed by atoms with Gasteiger partial charge in [0.05, 0.1) is 11.4 Å². The highest BCUT2D eigenvalue weighted by Gasteiger charge is 2.26. The van der Waals surface area contributed by atoms with Crippen LogP contribution in [0.1, 0.15) is 37.7 Å². The predicted octanol–water partition coefficient (Wildman–Crippen LogP) is 2.20. The van der Waals surface area contributed by atoms with Crippen LogP contribution in [0.25, 0.3) is 0 Å². The molecule has 0 radical (unpaired) electrons. The van der Waals surface area contributed by atoms with Crippen LogP contribution in [0.15, 0.2) is 23.1 Å². The SMILES string of the molecule is Cc1ccc(S(=O)(=O)N2CCCCC2)cc1NC(=O)CN1CCCC1. The second kappa shape index (κ2) is 7.85. The molecule has 138 valence electrons. The Bertz CT molecular complexity index is 721. The highest BCUT2D eigenvalue weighted by atomic mass is 32.2. The lowest BCUT2D eigenvalue weighted by atomic mass is 10.2. The summed E-state index contributed by atoms with van der Waals surface area (Å²) in [5.41, 5.74) is 1.45. The summed E-state index contributed by atoms with van der Waals surface area (Å²) in [6.07, 6.45) is 5.17. The summed E-state index contributed by atoms with van der Waals surface area (Å²) in [4.78, 5) is 14.7. The number of nitrogens with one attached hydrogen (secondary N) is 1. The van der Waals surface area contributed by atoms with E-state index in [0.717, 1.165) is 50.8 Å². The molecule has 2 aliphatic rings. The Kier molecular flexibility index (Phi) is 5.76. The fourth-order valence-electron chi connectivity index (χ4n) is 3.48. The number of amides is 1. The van der Waals surface area contributed by atoms with E-state index >= 15 is 0 Å². The molecule has 7 heteroatoms. The van der Waals surface area contributed by atoms with E-state index < -0.39 is 10.0 Å². The smallest absolute Gasteiger partial charge is 0.243 e. The van der Waals surface area contributed by atoms with Crippen molar-refractivity contribution < 1.29 is 13.2 Å². The van der Waals surface area contributed by atoms with Crippen molar-refractivity contribution in [1.29, 1.82) is 0 Å². The zero-order valence-corrected chi connectivity index (χ0v) is 15.6. The molecule has 0 atom stereocenters. The Labute approximate surface area is 150 Å². The number of aryl methyl sites for hydroxylation is 1. The van der Waals surface area contributed by atoms with Gasteiger partial charge < -0.3 is 5.32 Å². The Hall–Kier alpha value is -1.44. The number of carbonyl (C=O) groups excluding carboxylic acids is 1. The molecule has 0 unspecified atom stereocenters. The van der Waals surface area contributed by atoms with Crippen LogP contribution >= 0.6 is 0 Å². The van der Waals surface area contributed by atoms with E-state index in [0.29, 0.717) is 25.3 Å². The molecule has 3 rings (SSSR count). The summed E-state index contributed by atoms with van der Waals surface area (Å²) in [7, 11) is -3.49. The Morgan fingerprint density at radius 2 is 1.68 bits per heavy atom. The van der Waals surface area contributed by atoms with E-state index in [-0.39, 0.29) is 10.8 Å². The van der Waals surface area contributed by atoms with Crippen molar-refractivity contribution >= 4 is 21.6 Å². The van der Waals surface area contributed by atoms with Gasteiger partial charge in [-0.1, -0.05) is 12.5 Å². The first-order chi connectivity index (χ1) is 12.0. The molecule has 2 fully saturated rings. The van der Waals surface area contributed by atoms with Crippen molar-refractivity contribution in [3.63, 3.8) is 0 Å². The molecular weight excluding hydrogens is 338 g/mol. The van der Waals surface area contributed by atoms with Crippen LogP contribution in [0, 0.1) is 6.92 Å². The fourth-order valence-corrected chi connectivity index (χ4v) is 5.03. The van der Waals surface area contributed by atoms with Crippen LogP contribution in [0.3, 0.4) is 0 Å². The Morgan fingerprint density at radius 1 is 1.04 bits per heavy atom. The molecule has 2 saturated heterocycles. The molecule has 0 aromatic heterocycles. The monoisotopic (exact) mass is 365 g/mol. The number of piperidine rings is 1. The van der Waals surface area contributed by atoms with Crippen LogP contribution in [0.5, 0.6) is 0 Å². The van der Waals surface area contributed by atoms with E-state index in [1.54, 1.807) is 22.5 Å². The number of sulfonamides is 1. The average Bonchev–Trinajstić information content (AvgIpc) is 3.10. The number of likely N-dealkylation sites (tertiary alicyclic amines) is 1. The van der Waals surface area contributed by atoms with Crippen molar-refractivity contribution in [2.75, 3.05) is 38.0 Å². The average molecular weight is 365 g/mol. The molecule has 1 aromatic carbocycles. The Balaban J connectivity index is 1.74. The van der Waals surface area contributed by atoms with Gasteiger partial charge in [0.15, 0.2) is 0 Å². The highest BCUT2D eigenvalue weighted by molar-refractivity contribution is 7.89. The molecule has 1 N–H and O–H groups in total. The molecule has 2 heterocycles. The molecule has 1 aromatic rings. The maximum Gasteiger partial charge on any atom is 0.243 e. The van der Waals surface area contributed by atoms with E-state index in [9.17, 15) is 13.2 Å². The molecule has 1 amide bonds. The molecular formula is C18H27N3O3S. The molecule has 0 bridgehead atoms. The van der Waals surface area contributed by atoms with Crippen molar-refractivity contribution in [2.24, 2.45) is 0 Å². The molecule has 0 aliphatic carbocycles. The number of carbonyl (C=O) groups is 1. The zero-order valence-electron chi connectivity index (χ0n) is 14.8. The van der Waals surface area contributed by atoms with Gasteiger partial charge in [0.1, 0.15) is 0 Å². The molecule has 6 nitrogen and oxygen atoms in total. The predicted molar refractivity (Wildman–Crippen MR) is 98.1 cm³/mol. The minimum atomic E-state index is -3.49. The number of nitrogens with zero attached hydrogens (tertiary/aromatic N) is 2. The van der Waals surface area contributed by atoms with Gasteiger partial charge in [0, 0.05) is 18.8 Å². The largest absolute Gasteiger partial charge is 0.325 e. The normalized spacial score (nSPS) is 19.9. The third-order valence-electron chi connectivity index (χ3n) is 5.00. The van der Waals surface area contributed by atoms with Crippen molar-refractivity contribution in [2.45, 2.75) is 43.9 Å². The minimum Gasteiger partial charge on any atom is -0.325 e. The van der Waals surface area contributed by atoms with Crippen LogP contribution < -0.4 is 5.32 Å². The highest BCUT2D eigenvalue weighted by Crippen LogP contribution is 2.25. The lowest BCUT2D eigenvalue weighted by Crippen LogP contribution is -2.35. The lowest BCUT2D eigenvalue weighted by molar-refractivity contribution is -0.117. The van der Waals surface area contributed by atoms with Crippen LogP contribution in [-0.4, -0.2) is 56.3 Å². The summed E-state index contributed by atoms with van der Waals surface area (Å²) >= 11 is 0. The number of benzene rings is 1. The summed E-state index contributed by atoms with van der Waals surface area (Å²) in [5.74, 6) is -0.0856. The minimum absolute atomic E-state index is 0.0856. The van der Waals surface area contributed by atoms with Crippen molar-refractivity contribution in [3.8, 4) is 0 Å². The topological polar surface area (TPSA) is 69.7 Å². The summed E-state index contributed by atoms with van der Waals surface area (Å²) in [6.45, 7) is 5.30. The van der Waals surface area contributed by atoms with Gasteiger partial charge in [0.2, 0.25) is 15.9 Å². The van der Waals surface area contributed by atoms with E-state index in [1.807, 2.05) is 6.92 Å². The molecule has 2 aliphatic heterocycles. The third-order valence-corrected chi connectivity index (χ3v) is 6.90. The molecule has 25 heavy (non-hydrogen) atoms. The van der Waals surface area contributed by atoms with E-state index in [4.69, 9.17) is 0 Å². The summed E-state index contributed by atoms with van der Waals surface area (Å²) in [5, 5.41) is 2.89. The zero-order chi connectivity index (χ0) is 17.9. The quantitative estimate of drug-likeness (QED) is 0.868. The number of anilines is 1. The standard InChI is InChI=1S/C18H27N3O3S/c1-15-7-8-16(25(23,24)21-11-3-2-4-12-21)13-17(15)19-18(22)14-20-9-5-6-10-20/h7-8,13H,2-6,9-12,14H2,1H3,(H,19,22). The number of hydrogen-bond donors (Lipinski definition) is 1. The Morgan fingerprint density at radius 3 is 2.36 bits per heavy atom. The fraction of sp³-hybridized carbons (Fsp3) is 0.611. The first-order valence-electron chi connectivity index (χ1n) is 9.10. The first-order valence-corrected chi connectivity index (χ1v) is 10.5. The maximum atomic E-state index is 12.8. The van der Waals surface area contributed by atoms with Crippen LogP contribution in [-0.2, 0) is 14.8 Å². The van der Waals surface area contributed by atoms with Gasteiger partial charge in [0.25, 0.3) is 0 Å². The van der Waals surface area contributed by atoms with Gasteiger partial charge in [-0.05, 0) is 63.4 Å².